The predicted octanol–water partition coefficient (Wildman–Crippen LogP) is 2.12. The summed E-state index contributed by atoms with van der Waals surface area (Å²) in [7, 11) is -3.52. The van der Waals surface area contributed by atoms with Crippen molar-refractivity contribution in [3.63, 3.8) is 0 Å². The quantitative estimate of drug-likeness (QED) is 0.805. The summed E-state index contributed by atoms with van der Waals surface area (Å²) in [6, 6.07) is 5.25. The Morgan fingerprint density at radius 3 is 2.96 bits per heavy atom. The van der Waals surface area contributed by atoms with Crippen molar-refractivity contribution < 1.29 is 13.2 Å². The van der Waals surface area contributed by atoms with Gasteiger partial charge in [0.15, 0.2) is 0 Å². The van der Waals surface area contributed by atoms with Crippen molar-refractivity contribution in [2.75, 3.05) is 13.1 Å². The number of hydrogen-bond acceptors (Lipinski definition) is 5. The molecule has 8 heteroatoms. The Labute approximate surface area is 159 Å². The van der Waals surface area contributed by atoms with Gasteiger partial charge in [-0.15, -0.1) is 10.2 Å². The molecule has 3 aliphatic heterocycles. The fourth-order valence-corrected chi connectivity index (χ4v) is 6.13. The third-order valence-corrected chi connectivity index (χ3v) is 7.75. The maximum absolute atomic E-state index is 13.3. The minimum Gasteiger partial charge on any atom is -0.490 e. The lowest BCUT2D eigenvalue weighted by Crippen LogP contribution is -2.39. The number of benzene rings is 1. The Hall–Kier alpha value is -1.93. The van der Waals surface area contributed by atoms with Crippen molar-refractivity contribution in [1.82, 2.24) is 19.1 Å². The van der Waals surface area contributed by atoms with E-state index in [-0.39, 0.29) is 12.0 Å². The van der Waals surface area contributed by atoms with Gasteiger partial charge >= 0.3 is 0 Å². The van der Waals surface area contributed by atoms with Crippen LogP contribution in [0.15, 0.2) is 23.1 Å². The van der Waals surface area contributed by atoms with E-state index in [1.54, 1.807) is 22.5 Å². The molecule has 1 aromatic carbocycles. The van der Waals surface area contributed by atoms with Gasteiger partial charge in [-0.2, -0.15) is 4.31 Å². The Balaban J connectivity index is 1.41. The molecule has 1 fully saturated rings. The first-order valence-corrected chi connectivity index (χ1v) is 11.2. The van der Waals surface area contributed by atoms with Gasteiger partial charge in [0.05, 0.1) is 4.90 Å². The summed E-state index contributed by atoms with van der Waals surface area (Å²) in [5.74, 6) is 2.92. The molecule has 3 aliphatic rings. The van der Waals surface area contributed by atoms with Crippen LogP contribution in [-0.4, -0.2) is 46.7 Å². The molecular weight excluding hydrogens is 364 g/mol. The Kier molecular flexibility index (Phi) is 4.01. The smallest absolute Gasteiger partial charge is 0.243 e. The molecule has 1 aromatic heterocycles. The number of rotatable bonds is 3. The van der Waals surface area contributed by atoms with E-state index in [0.29, 0.717) is 18.0 Å². The molecule has 0 amide bonds. The predicted molar refractivity (Wildman–Crippen MR) is 99.3 cm³/mol. The molecule has 5 rings (SSSR count). The molecule has 0 N–H and O–H groups in total. The SMILES string of the molecule is CC1Cc2cc(S(=O)(=O)N3CCCC(c4nnc5n4CCC5)C3)ccc2O1. The van der Waals surface area contributed by atoms with Gasteiger partial charge in [-0.1, -0.05) is 0 Å². The first kappa shape index (κ1) is 17.2. The van der Waals surface area contributed by atoms with Crippen LogP contribution in [0.4, 0.5) is 0 Å². The maximum atomic E-state index is 13.3. The summed E-state index contributed by atoms with van der Waals surface area (Å²) >= 11 is 0. The van der Waals surface area contributed by atoms with E-state index in [4.69, 9.17) is 4.74 Å². The van der Waals surface area contributed by atoms with Crippen LogP contribution in [0.3, 0.4) is 0 Å². The highest BCUT2D eigenvalue weighted by Crippen LogP contribution is 2.34. The van der Waals surface area contributed by atoms with Gasteiger partial charge in [-0.3, -0.25) is 0 Å². The molecule has 0 aliphatic carbocycles. The second-order valence-electron chi connectivity index (χ2n) is 7.83. The summed E-state index contributed by atoms with van der Waals surface area (Å²) in [6.07, 6.45) is 4.73. The van der Waals surface area contributed by atoms with Gasteiger partial charge in [-0.05, 0) is 49.9 Å². The first-order chi connectivity index (χ1) is 13.0. The molecule has 27 heavy (non-hydrogen) atoms. The second-order valence-corrected chi connectivity index (χ2v) is 9.77. The fraction of sp³-hybridized carbons (Fsp3) is 0.579. The van der Waals surface area contributed by atoms with Crippen molar-refractivity contribution in [2.24, 2.45) is 0 Å². The van der Waals surface area contributed by atoms with E-state index >= 15 is 0 Å². The Bertz CT molecular complexity index is 985. The van der Waals surface area contributed by atoms with Gasteiger partial charge in [-0.25, -0.2) is 8.42 Å². The number of piperidine rings is 1. The van der Waals surface area contributed by atoms with E-state index in [9.17, 15) is 8.42 Å². The molecule has 7 nitrogen and oxygen atoms in total. The summed E-state index contributed by atoms with van der Waals surface area (Å²) in [4.78, 5) is 0.367. The number of aryl methyl sites for hydroxylation is 1. The number of sulfonamides is 1. The van der Waals surface area contributed by atoms with Crippen molar-refractivity contribution >= 4 is 10.0 Å². The van der Waals surface area contributed by atoms with E-state index in [1.807, 2.05) is 6.92 Å². The van der Waals surface area contributed by atoms with Crippen molar-refractivity contribution in [3.05, 3.63) is 35.4 Å². The number of aromatic nitrogens is 3. The van der Waals surface area contributed by atoms with Gasteiger partial charge in [0.25, 0.3) is 0 Å². The number of nitrogens with zero attached hydrogens (tertiary/aromatic N) is 4. The van der Waals surface area contributed by atoms with Crippen molar-refractivity contribution in [3.8, 4) is 5.75 Å². The third-order valence-electron chi connectivity index (χ3n) is 5.89. The average Bonchev–Trinajstić information content (AvgIpc) is 3.35. The van der Waals surface area contributed by atoms with Crippen molar-refractivity contribution in [2.45, 2.75) is 62.5 Å². The average molecular weight is 388 g/mol. The topological polar surface area (TPSA) is 77.3 Å². The zero-order chi connectivity index (χ0) is 18.6. The molecule has 0 bridgehead atoms. The number of hydrogen-bond donors (Lipinski definition) is 0. The highest BCUT2D eigenvalue weighted by Gasteiger charge is 2.34. The number of ether oxygens (including phenoxy) is 1. The maximum Gasteiger partial charge on any atom is 0.243 e. The molecule has 4 heterocycles. The summed E-state index contributed by atoms with van der Waals surface area (Å²) in [5, 5.41) is 8.68. The van der Waals surface area contributed by atoms with Crippen LogP contribution < -0.4 is 4.74 Å². The molecule has 144 valence electrons. The van der Waals surface area contributed by atoms with Gasteiger partial charge < -0.3 is 9.30 Å². The molecule has 2 atom stereocenters. The van der Waals surface area contributed by atoms with Crippen LogP contribution in [0.1, 0.15) is 49.3 Å². The molecule has 0 spiro atoms. The zero-order valence-corrected chi connectivity index (χ0v) is 16.3. The lowest BCUT2D eigenvalue weighted by Gasteiger charge is -2.31. The van der Waals surface area contributed by atoms with Gasteiger partial charge in [0.2, 0.25) is 10.0 Å². The lowest BCUT2D eigenvalue weighted by molar-refractivity contribution is 0.254. The highest BCUT2D eigenvalue weighted by molar-refractivity contribution is 7.89. The molecule has 2 aromatic rings. The van der Waals surface area contributed by atoms with Crippen LogP contribution in [0.2, 0.25) is 0 Å². The minimum atomic E-state index is -3.52. The van der Waals surface area contributed by atoms with Crippen LogP contribution in [0, 0.1) is 0 Å². The highest BCUT2D eigenvalue weighted by atomic mass is 32.2. The van der Waals surface area contributed by atoms with E-state index in [0.717, 1.165) is 61.6 Å². The molecule has 1 saturated heterocycles. The summed E-state index contributed by atoms with van der Waals surface area (Å²) < 4.78 is 36.0. The first-order valence-electron chi connectivity index (χ1n) is 9.74. The standard InChI is InChI=1S/C19H24N4O3S/c1-13-10-15-11-16(6-7-17(15)26-13)27(24,25)22-8-2-4-14(12-22)19-21-20-18-5-3-9-23(18)19/h6-7,11,13-14H,2-5,8-10,12H2,1H3. The zero-order valence-electron chi connectivity index (χ0n) is 15.5. The van der Waals surface area contributed by atoms with E-state index in [1.165, 1.54) is 0 Å². The van der Waals surface area contributed by atoms with Crippen molar-refractivity contribution in [1.29, 1.82) is 0 Å². The number of fused-ring (bicyclic) bond motifs is 2. The summed E-state index contributed by atoms with van der Waals surface area (Å²) in [6.45, 7) is 3.98. The normalized spacial score (nSPS) is 25.2. The monoisotopic (exact) mass is 388 g/mol. The second kappa shape index (κ2) is 6.31. The van der Waals surface area contributed by atoms with E-state index in [2.05, 4.69) is 14.8 Å². The molecule has 0 radical (unpaired) electrons. The Morgan fingerprint density at radius 1 is 1.19 bits per heavy atom. The van der Waals surface area contributed by atoms with E-state index < -0.39 is 10.0 Å². The minimum absolute atomic E-state index is 0.104. The molecule has 0 saturated carbocycles. The van der Waals surface area contributed by atoms with Gasteiger partial charge in [0, 0.05) is 38.4 Å². The van der Waals surface area contributed by atoms with Gasteiger partial charge in [0.1, 0.15) is 23.5 Å². The molecular formula is C19H24N4O3S. The van der Waals surface area contributed by atoms with Crippen LogP contribution in [0.5, 0.6) is 5.75 Å². The molecule has 2 unspecified atom stereocenters. The lowest BCUT2D eigenvalue weighted by atomic mass is 9.99. The fourth-order valence-electron chi connectivity index (χ4n) is 4.55. The Morgan fingerprint density at radius 2 is 2.07 bits per heavy atom. The van der Waals surface area contributed by atoms with Crippen LogP contribution >= 0.6 is 0 Å². The van der Waals surface area contributed by atoms with Crippen LogP contribution in [0.25, 0.3) is 0 Å². The van der Waals surface area contributed by atoms with Crippen LogP contribution in [-0.2, 0) is 29.4 Å². The third kappa shape index (κ3) is 2.86. The summed E-state index contributed by atoms with van der Waals surface area (Å²) in [5.41, 5.74) is 0.979. The largest absolute Gasteiger partial charge is 0.490 e.